The Bertz CT molecular complexity index is 1110. The van der Waals surface area contributed by atoms with Crippen LogP contribution >= 0.6 is 0 Å². The Morgan fingerprint density at radius 1 is 1.03 bits per heavy atom. The number of anilines is 1. The second-order valence-corrected chi connectivity index (χ2v) is 8.41. The van der Waals surface area contributed by atoms with Crippen LogP contribution in [0.2, 0.25) is 0 Å². The molecule has 0 radical (unpaired) electrons. The lowest BCUT2D eigenvalue weighted by Crippen LogP contribution is -2.48. The minimum absolute atomic E-state index is 0.264. The molecule has 4 nitrogen and oxygen atoms in total. The molecule has 2 unspecified atom stereocenters. The Morgan fingerprint density at radius 2 is 1.70 bits per heavy atom. The average Bonchev–Trinajstić information content (AvgIpc) is 3.24. The van der Waals surface area contributed by atoms with Crippen molar-refractivity contribution in [3.05, 3.63) is 89.8 Å². The molecule has 0 amide bonds. The number of benzene rings is 2. The summed E-state index contributed by atoms with van der Waals surface area (Å²) in [5, 5.41) is 12.5. The molecule has 176 valence electrons. The zero-order chi connectivity index (χ0) is 24.4. The first kappa shape index (κ1) is 24.3. The number of halogens is 5. The Balaban J connectivity index is 1.97. The highest BCUT2D eigenvalue weighted by Crippen LogP contribution is 2.40. The molecule has 2 N–H and O–H groups in total. The summed E-state index contributed by atoms with van der Waals surface area (Å²) in [7, 11) is 0. The molecular weight excluding hydrogens is 443 g/mol. The van der Waals surface area contributed by atoms with E-state index in [9.17, 15) is 31.9 Å². The van der Waals surface area contributed by atoms with E-state index < -0.39 is 46.8 Å². The summed E-state index contributed by atoms with van der Waals surface area (Å²) in [4.78, 5) is 12.2. The van der Waals surface area contributed by atoms with E-state index in [1.807, 2.05) is 0 Å². The fourth-order valence-electron chi connectivity index (χ4n) is 3.92. The number of aromatic nitrogens is 1. The number of alkyl halides is 3. The van der Waals surface area contributed by atoms with E-state index in [1.165, 1.54) is 12.1 Å². The highest BCUT2D eigenvalue weighted by molar-refractivity contribution is 5.78. The number of carboxylic acids is 1. The molecule has 9 heteroatoms. The molecule has 0 aliphatic carbocycles. The molecule has 0 saturated heterocycles. The molecule has 3 rings (SSSR count). The molecule has 1 heterocycles. The number of hydrogen-bond donors (Lipinski definition) is 2. The van der Waals surface area contributed by atoms with Gasteiger partial charge in [-0.15, -0.1) is 0 Å². The summed E-state index contributed by atoms with van der Waals surface area (Å²) in [5.74, 6) is -2.96. The predicted molar refractivity (Wildman–Crippen MR) is 114 cm³/mol. The number of carbonyl (C=O) groups is 1. The molecule has 2 atom stereocenters. The van der Waals surface area contributed by atoms with Crippen molar-refractivity contribution in [3.63, 3.8) is 0 Å². The first-order chi connectivity index (χ1) is 15.4. The Kier molecular flexibility index (Phi) is 6.81. The van der Waals surface area contributed by atoms with Crippen LogP contribution in [0.15, 0.2) is 67.0 Å². The lowest BCUT2D eigenvalue weighted by atomic mass is 9.74. The van der Waals surface area contributed by atoms with Crippen molar-refractivity contribution in [3.8, 4) is 0 Å². The maximum absolute atomic E-state index is 14.5. The van der Waals surface area contributed by atoms with Crippen LogP contribution < -0.4 is 5.32 Å². The van der Waals surface area contributed by atoms with E-state index in [-0.39, 0.29) is 12.1 Å². The van der Waals surface area contributed by atoms with Gasteiger partial charge in [0.05, 0.1) is 11.3 Å². The normalized spacial score (nSPS) is 14.0. The van der Waals surface area contributed by atoms with Crippen LogP contribution in [0, 0.1) is 17.0 Å². The van der Waals surface area contributed by atoms with Gasteiger partial charge >= 0.3 is 12.1 Å². The van der Waals surface area contributed by atoms with E-state index in [1.54, 1.807) is 55.1 Å². The summed E-state index contributed by atoms with van der Waals surface area (Å²) in [6, 6.07) is 9.42. The molecule has 0 bridgehead atoms. The number of rotatable bonds is 8. The Labute approximate surface area is 187 Å². The molecule has 0 aliphatic rings. The third kappa shape index (κ3) is 5.53. The van der Waals surface area contributed by atoms with Gasteiger partial charge < -0.3 is 15.0 Å². The highest BCUT2D eigenvalue weighted by Gasteiger charge is 2.43. The lowest BCUT2D eigenvalue weighted by molar-refractivity contribution is -0.141. The number of nitrogens with one attached hydrogen (secondary N) is 1. The van der Waals surface area contributed by atoms with Crippen molar-refractivity contribution in [2.45, 2.75) is 38.5 Å². The molecule has 2 aromatic carbocycles. The highest BCUT2D eigenvalue weighted by atomic mass is 19.4. The van der Waals surface area contributed by atoms with Gasteiger partial charge in [0, 0.05) is 23.9 Å². The van der Waals surface area contributed by atoms with Gasteiger partial charge in [-0.2, -0.15) is 13.2 Å². The standard InChI is InChI=1S/C24H23F5N2O2/c1-23(2,20(31-10-3-4-11-31)13-15-6-5-7-17(25)12-15)21(22(32)33)30-19-9-8-16(14-18(19)26)24(27,28)29/h3-12,14,20-21,30H,13H2,1-2H3,(H,32,33). The maximum atomic E-state index is 14.5. The van der Waals surface area contributed by atoms with Crippen LogP contribution in [-0.2, 0) is 17.4 Å². The van der Waals surface area contributed by atoms with Gasteiger partial charge in [-0.05, 0) is 54.4 Å². The van der Waals surface area contributed by atoms with Crippen LogP contribution in [0.4, 0.5) is 27.6 Å². The second kappa shape index (κ2) is 9.25. The van der Waals surface area contributed by atoms with Crippen LogP contribution in [0.3, 0.4) is 0 Å². The van der Waals surface area contributed by atoms with Gasteiger partial charge in [0.25, 0.3) is 0 Å². The predicted octanol–water partition coefficient (Wildman–Crippen LogP) is 6.16. The van der Waals surface area contributed by atoms with Gasteiger partial charge in [0.15, 0.2) is 0 Å². The number of aliphatic carboxylic acids is 1. The SMILES string of the molecule is CC(C)(C(Nc1ccc(C(F)(F)F)cc1F)C(=O)O)C(Cc1cccc(F)c1)n1cccc1. The van der Waals surface area contributed by atoms with Gasteiger partial charge in [-0.25, -0.2) is 13.6 Å². The largest absolute Gasteiger partial charge is 0.480 e. The fourth-order valence-corrected chi connectivity index (χ4v) is 3.92. The van der Waals surface area contributed by atoms with Crippen molar-refractivity contribution in [1.82, 2.24) is 4.57 Å². The topological polar surface area (TPSA) is 54.3 Å². The Morgan fingerprint density at radius 3 is 2.24 bits per heavy atom. The van der Waals surface area contributed by atoms with E-state index in [4.69, 9.17) is 0 Å². The maximum Gasteiger partial charge on any atom is 0.416 e. The lowest BCUT2D eigenvalue weighted by Gasteiger charge is -2.40. The van der Waals surface area contributed by atoms with E-state index in [2.05, 4.69) is 5.32 Å². The van der Waals surface area contributed by atoms with Crippen LogP contribution in [0.5, 0.6) is 0 Å². The summed E-state index contributed by atoms with van der Waals surface area (Å²) in [6.45, 7) is 3.31. The van der Waals surface area contributed by atoms with Gasteiger partial charge in [-0.3, -0.25) is 0 Å². The molecule has 1 aromatic heterocycles. The van der Waals surface area contributed by atoms with Crippen molar-refractivity contribution in [2.24, 2.45) is 5.41 Å². The summed E-state index contributed by atoms with van der Waals surface area (Å²) in [5.41, 5.74) is -2.01. The molecule has 33 heavy (non-hydrogen) atoms. The monoisotopic (exact) mass is 466 g/mol. The van der Waals surface area contributed by atoms with E-state index >= 15 is 0 Å². The molecule has 0 spiro atoms. The average molecular weight is 466 g/mol. The van der Waals surface area contributed by atoms with Crippen LogP contribution in [0.1, 0.15) is 31.0 Å². The molecule has 0 aliphatic heterocycles. The number of carboxylic acid groups (broad SMARTS) is 1. The van der Waals surface area contributed by atoms with E-state index in [0.29, 0.717) is 17.7 Å². The summed E-state index contributed by atoms with van der Waals surface area (Å²) >= 11 is 0. The van der Waals surface area contributed by atoms with Gasteiger partial charge in [0.2, 0.25) is 0 Å². The van der Waals surface area contributed by atoms with Crippen molar-refractivity contribution >= 4 is 11.7 Å². The van der Waals surface area contributed by atoms with Crippen LogP contribution in [0.25, 0.3) is 0 Å². The van der Waals surface area contributed by atoms with Gasteiger partial charge in [-0.1, -0.05) is 26.0 Å². The first-order valence-electron chi connectivity index (χ1n) is 10.1. The van der Waals surface area contributed by atoms with Gasteiger partial charge in [0.1, 0.15) is 17.7 Å². The summed E-state index contributed by atoms with van der Waals surface area (Å²) < 4.78 is 68.6. The second-order valence-electron chi connectivity index (χ2n) is 8.41. The first-order valence-corrected chi connectivity index (χ1v) is 10.1. The van der Waals surface area contributed by atoms with Crippen LogP contribution in [-0.4, -0.2) is 21.7 Å². The molecule has 3 aromatic rings. The van der Waals surface area contributed by atoms with Crippen molar-refractivity contribution in [1.29, 1.82) is 0 Å². The third-order valence-electron chi connectivity index (χ3n) is 5.75. The Hall–Kier alpha value is -3.36. The van der Waals surface area contributed by atoms with Crippen molar-refractivity contribution < 1.29 is 31.9 Å². The molecule has 0 fully saturated rings. The van der Waals surface area contributed by atoms with E-state index in [0.717, 1.165) is 6.07 Å². The molecular formula is C24H23F5N2O2. The number of nitrogens with zero attached hydrogens (tertiary/aromatic N) is 1. The fraction of sp³-hybridized carbons (Fsp3) is 0.292. The minimum atomic E-state index is -4.73. The summed E-state index contributed by atoms with van der Waals surface area (Å²) in [6.07, 6.45) is -0.984. The smallest absolute Gasteiger partial charge is 0.416 e. The molecule has 0 saturated carbocycles. The zero-order valence-corrected chi connectivity index (χ0v) is 17.9. The minimum Gasteiger partial charge on any atom is -0.480 e. The van der Waals surface area contributed by atoms with Crippen molar-refractivity contribution in [2.75, 3.05) is 5.32 Å². The number of hydrogen-bond acceptors (Lipinski definition) is 2. The zero-order valence-electron chi connectivity index (χ0n) is 17.9. The quantitative estimate of drug-likeness (QED) is 0.391. The third-order valence-corrected chi connectivity index (χ3v) is 5.75.